The average molecular weight is 134 g/mol. The van der Waals surface area contributed by atoms with Crippen LogP contribution in [-0.2, 0) is 0 Å². The smallest absolute Gasteiger partial charge is 0.00786 e. The van der Waals surface area contributed by atoms with Crippen LogP contribution in [0.25, 0.3) is 0 Å². The molecule has 1 unspecified atom stereocenters. The Labute approximate surface area is 62.9 Å². The Balaban J connectivity index is 2.71. The lowest BCUT2D eigenvalue weighted by atomic mass is 10.1. The summed E-state index contributed by atoms with van der Waals surface area (Å²) < 4.78 is 0. The second kappa shape index (κ2) is 3.40. The lowest BCUT2D eigenvalue weighted by Crippen LogP contribution is -1.84. The SMILES string of the molecule is CC1=C/CC=CC(C)/C=C\1. The fraction of sp³-hybridized carbons (Fsp3) is 0.400. The van der Waals surface area contributed by atoms with Crippen molar-refractivity contribution < 1.29 is 0 Å². The van der Waals surface area contributed by atoms with Crippen LogP contribution in [0.5, 0.6) is 0 Å². The van der Waals surface area contributed by atoms with Crippen LogP contribution in [0.3, 0.4) is 0 Å². The predicted octanol–water partition coefficient (Wildman–Crippen LogP) is 3.08. The molecule has 0 saturated carbocycles. The van der Waals surface area contributed by atoms with Gasteiger partial charge in [-0.2, -0.15) is 0 Å². The van der Waals surface area contributed by atoms with E-state index in [1.54, 1.807) is 0 Å². The third kappa shape index (κ3) is 2.22. The maximum Gasteiger partial charge on any atom is -0.00786 e. The van der Waals surface area contributed by atoms with Crippen LogP contribution in [0.1, 0.15) is 20.3 Å². The molecule has 0 aromatic heterocycles. The normalized spacial score (nSPS) is 33.8. The van der Waals surface area contributed by atoms with Crippen molar-refractivity contribution in [3.63, 3.8) is 0 Å². The molecule has 10 heavy (non-hydrogen) atoms. The largest absolute Gasteiger partial charge is 0.0841 e. The topological polar surface area (TPSA) is 0 Å². The minimum Gasteiger partial charge on any atom is -0.0841 e. The average Bonchev–Trinajstić information content (AvgIpc) is 1.90. The van der Waals surface area contributed by atoms with Gasteiger partial charge in [0, 0.05) is 0 Å². The van der Waals surface area contributed by atoms with Crippen LogP contribution < -0.4 is 0 Å². The number of rotatable bonds is 0. The Morgan fingerprint density at radius 3 is 3.00 bits per heavy atom. The molecule has 1 aliphatic rings. The van der Waals surface area contributed by atoms with Crippen molar-refractivity contribution in [3.05, 3.63) is 36.0 Å². The van der Waals surface area contributed by atoms with Gasteiger partial charge in [0.05, 0.1) is 0 Å². The van der Waals surface area contributed by atoms with E-state index in [1.807, 2.05) is 0 Å². The molecular weight excluding hydrogens is 120 g/mol. The van der Waals surface area contributed by atoms with E-state index in [0.29, 0.717) is 5.92 Å². The molecule has 54 valence electrons. The van der Waals surface area contributed by atoms with Crippen LogP contribution in [0, 0.1) is 5.92 Å². The Morgan fingerprint density at radius 2 is 2.20 bits per heavy atom. The molecular formula is C10H14. The summed E-state index contributed by atoms with van der Waals surface area (Å²) in [6.07, 6.45) is 12.2. The van der Waals surface area contributed by atoms with E-state index in [1.165, 1.54) is 5.57 Å². The maximum atomic E-state index is 2.24. The molecule has 0 fully saturated rings. The summed E-state index contributed by atoms with van der Waals surface area (Å²) in [5.74, 6) is 0.601. The van der Waals surface area contributed by atoms with Gasteiger partial charge in [-0.05, 0) is 19.3 Å². The summed E-state index contributed by atoms with van der Waals surface area (Å²) >= 11 is 0. The molecule has 0 heteroatoms. The highest BCUT2D eigenvalue weighted by atomic mass is 14.0. The standard InChI is InChI=1S/C10H14/c1-9-5-3-4-6-10(2)8-7-9/h3,5-9H,4H2,1-2H3/b5-3?,8-7-,10-6-. The molecule has 0 N–H and O–H groups in total. The molecule has 0 spiro atoms. The second-order valence-electron chi connectivity index (χ2n) is 2.83. The molecule has 0 radical (unpaired) electrons. The minimum atomic E-state index is 0.601. The summed E-state index contributed by atoms with van der Waals surface area (Å²) in [7, 11) is 0. The monoisotopic (exact) mass is 134 g/mol. The molecule has 0 nitrogen and oxygen atoms in total. The molecule has 1 atom stereocenters. The van der Waals surface area contributed by atoms with Gasteiger partial charge in [-0.15, -0.1) is 0 Å². The van der Waals surface area contributed by atoms with Crippen LogP contribution in [0.4, 0.5) is 0 Å². The zero-order chi connectivity index (χ0) is 7.40. The Morgan fingerprint density at radius 1 is 1.40 bits per heavy atom. The van der Waals surface area contributed by atoms with Gasteiger partial charge in [0.1, 0.15) is 0 Å². The Hall–Kier alpha value is -0.780. The van der Waals surface area contributed by atoms with Gasteiger partial charge in [-0.25, -0.2) is 0 Å². The van der Waals surface area contributed by atoms with Crippen molar-refractivity contribution in [2.24, 2.45) is 5.92 Å². The van der Waals surface area contributed by atoms with Gasteiger partial charge < -0.3 is 0 Å². The first-order valence-corrected chi connectivity index (χ1v) is 3.80. The van der Waals surface area contributed by atoms with E-state index in [9.17, 15) is 0 Å². The quantitative estimate of drug-likeness (QED) is 0.446. The Kier molecular flexibility index (Phi) is 2.49. The van der Waals surface area contributed by atoms with Crippen molar-refractivity contribution in [2.45, 2.75) is 20.3 Å². The molecule has 0 aromatic carbocycles. The molecule has 0 bridgehead atoms. The summed E-state index contributed by atoms with van der Waals surface area (Å²) in [5, 5.41) is 0. The molecule has 0 amide bonds. The summed E-state index contributed by atoms with van der Waals surface area (Å²) in [5.41, 5.74) is 1.37. The Bertz CT molecular complexity index is 182. The zero-order valence-corrected chi connectivity index (χ0v) is 6.67. The van der Waals surface area contributed by atoms with E-state index >= 15 is 0 Å². The molecule has 0 aliphatic heterocycles. The van der Waals surface area contributed by atoms with Crippen LogP contribution in [-0.4, -0.2) is 0 Å². The lowest BCUT2D eigenvalue weighted by Gasteiger charge is -2.00. The fourth-order valence-corrected chi connectivity index (χ4v) is 0.983. The fourth-order valence-electron chi connectivity index (χ4n) is 0.983. The van der Waals surface area contributed by atoms with Crippen LogP contribution >= 0.6 is 0 Å². The van der Waals surface area contributed by atoms with Gasteiger partial charge in [0.25, 0.3) is 0 Å². The molecule has 0 aromatic rings. The molecule has 1 aliphatic carbocycles. The third-order valence-corrected chi connectivity index (χ3v) is 1.68. The van der Waals surface area contributed by atoms with Gasteiger partial charge in [-0.3, -0.25) is 0 Å². The zero-order valence-electron chi connectivity index (χ0n) is 6.67. The first-order valence-electron chi connectivity index (χ1n) is 3.80. The van der Waals surface area contributed by atoms with E-state index < -0.39 is 0 Å². The van der Waals surface area contributed by atoms with Gasteiger partial charge in [0.15, 0.2) is 0 Å². The number of hydrogen-bond donors (Lipinski definition) is 0. The lowest BCUT2D eigenvalue weighted by molar-refractivity contribution is 0.928. The van der Waals surface area contributed by atoms with Crippen molar-refractivity contribution >= 4 is 0 Å². The first-order chi connectivity index (χ1) is 4.79. The predicted molar refractivity (Wildman–Crippen MR) is 45.8 cm³/mol. The maximum absolute atomic E-state index is 2.24. The van der Waals surface area contributed by atoms with Gasteiger partial charge in [0.2, 0.25) is 0 Å². The minimum absolute atomic E-state index is 0.601. The third-order valence-electron chi connectivity index (χ3n) is 1.68. The highest BCUT2D eigenvalue weighted by Crippen LogP contribution is 2.08. The highest BCUT2D eigenvalue weighted by Gasteiger charge is 1.91. The van der Waals surface area contributed by atoms with Crippen molar-refractivity contribution in [2.75, 3.05) is 0 Å². The van der Waals surface area contributed by atoms with Crippen molar-refractivity contribution in [1.82, 2.24) is 0 Å². The van der Waals surface area contributed by atoms with Gasteiger partial charge in [-0.1, -0.05) is 42.9 Å². The highest BCUT2D eigenvalue weighted by molar-refractivity contribution is 5.20. The van der Waals surface area contributed by atoms with Crippen molar-refractivity contribution in [3.8, 4) is 0 Å². The van der Waals surface area contributed by atoms with E-state index in [-0.39, 0.29) is 0 Å². The summed E-state index contributed by atoms with van der Waals surface area (Å²) in [6.45, 7) is 4.34. The first kappa shape index (κ1) is 7.33. The van der Waals surface area contributed by atoms with Crippen LogP contribution in [0.15, 0.2) is 36.0 Å². The summed E-state index contributed by atoms with van der Waals surface area (Å²) in [4.78, 5) is 0. The number of allylic oxidation sites excluding steroid dienone is 6. The molecule has 1 rings (SSSR count). The van der Waals surface area contributed by atoms with E-state index in [4.69, 9.17) is 0 Å². The second-order valence-corrected chi connectivity index (χ2v) is 2.83. The molecule has 0 heterocycles. The van der Waals surface area contributed by atoms with E-state index in [2.05, 4.69) is 44.2 Å². The summed E-state index contributed by atoms with van der Waals surface area (Å²) in [6, 6.07) is 0. The van der Waals surface area contributed by atoms with E-state index in [0.717, 1.165) is 6.42 Å². The number of hydrogen-bond acceptors (Lipinski definition) is 0. The van der Waals surface area contributed by atoms with Crippen LogP contribution in [0.2, 0.25) is 0 Å². The van der Waals surface area contributed by atoms with Crippen molar-refractivity contribution in [1.29, 1.82) is 0 Å². The van der Waals surface area contributed by atoms with Gasteiger partial charge >= 0.3 is 0 Å². The molecule has 0 saturated heterocycles.